The van der Waals surface area contributed by atoms with Gasteiger partial charge in [0.25, 0.3) is 0 Å². The molecule has 0 spiro atoms. The Hall–Kier alpha value is -1.91. The van der Waals surface area contributed by atoms with Crippen LogP contribution in [0.25, 0.3) is 17.1 Å². The summed E-state index contributed by atoms with van der Waals surface area (Å²) in [5.41, 5.74) is 5.32. The van der Waals surface area contributed by atoms with Crippen molar-refractivity contribution in [1.29, 1.82) is 0 Å². The van der Waals surface area contributed by atoms with E-state index in [2.05, 4.69) is 53.4 Å². The molecule has 0 aliphatic rings. The van der Waals surface area contributed by atoms with Crippen LogP contribution in [-0.2, 0) is 0 Å². The van der Waals surface area contributed by atoms with Crippen molar-refractivity contribution in [3.63, 3.8) is 0 Å². The van der Waals surface area contributed by atoms with E-state index >= 15 is 0 Å². The minimum atomic E-state index is 0.582. The van der Waals surface area contributed by atoms with Crippen LogP contribution in [0.5, 0.6) is 0 Å². The molecule has 0 fully saturated rings. The summed E-state index contributed by atoms with van der Waals surface area (Å²) in [6, 6.07) is 16.4. The summed E-state index contributed by atoms with van der Waals surface area (Å²) in [6.07, 6.45) is 1.88. The normalized spacial score (nSPS) is 10.7. The summed E-state index contributed by atoms with van der Waals surface area (Å²) in [5.74, 6) is 0.912. The van der Waals surface area contributed by atoms with Gasteiger partial charge in [0.15, 0.2) is 0 Å². The van der Waals surface area contributed by atoms with E-state index in [1.54, 1.807) is 0 Å². The lowest BCUT2D eigenvalue weighted by molar-refractivity contribution is 1.01. The molecule has 0 amide bonds. The van der Waals surface area contributed by atoms with Crippen molar-refractivity contribution < 1.29 is 0 Å². The molecule has 1 heterocycles. The monoisotopic (exact) mass is 324 g/mol. The molecule has 1 aromatic heterocycles. The molecular formula is C18H16N2S2. The highest BCUT2D eigenvalue weighted by molar-refractivity contribution is 8.11. The zero-order valence-electron chi connectivity index (χ0n) is 12.4. The van der Waals surface area contributed by atoms with Crippen molar-refractivity contribution >= 4 is 29.0 Å². The highest BCUT2D eigenvalue weighted by Crippen LogP contribution is 2.27. The van der Waals surface area contributed by atoms with Crippen LogP contribution in [0.3, 0.4) is 0 Å². The van der Waals surface area contributed by atoms with Crippen LogP contribution in [0, 0.1) is 13.8 Å². The van der Waals surface area contributed by atoms with E-state index in [-0.39, 0.29) is 0 Å². The molecule has 0 bridgehead atoms. The van der Waals surface area contributed by atoms with Crippen molar-refractivity contribution in [2.45, 2.75) is 13.8 Å². The molecule has 3 rings (SSSR count). The van der Waals surface area contributed by atoms with Gasteiger partial charge in [-0.15, -0.1) is 12.6 Å². The minimum Gasteiger partial charge on any atom is -0.296 e. The average Bonchev–Trinajstić information content (AvgIpc) is 2.89. The van der Waals surface area contributed by atoms with Crippen molar-refractivity contribution in [3.05, 3.63) is 71.5 Å². The van der Waals surface area contributed by atoms with Crippen molar-refractivity contribution in [2.75, 3.05) is 0 Å². The Morgan fingerprint density at radius 2 is 1.73 bits per heavy atom. The first-order chi connectivity index (χ1) is 10.6. The number of hydrogen-bond acceptors (Lipinski definition) is 2. The maximum atomic E-state index is 5.27. The number of thiol groups is 1. The lowest BCUT2D eigenvalue weighted by Gasteiger charge is -2.14. The van der Waals surface area contributed by atoms with E-state index in [0.717, 1.165) is 28.3 Å². The highest BCUT2D eigenvalue weighted by Gasteiger charge is 2.14. The Bertz CT molecular complexity index is 833. The number of hydrogen-bond donors (Lipinski definition) is 1. The summed E-state index contributed by atoms with van der Waals surface area (Å²) in [4.78, 5) is 4.59. The van der Waals surface area contributed by atoms with Gasteiger partial charge >= 0.3 is 0 Å². The molecule has 0 unspecified atom stereocenters. The number of para-hydroxylation sites is 1. The lowest BCUT2D eigenvalue weighted by atomic mass is 10.1. The molecule has 110 valence electrons. The Morgan fingerprint density at radius 1 is 1.05 bits per heavy atom. The number of rotatable bonds is 3. The fourth-order valence-electron chi connectivity index (χ4n) is 2.50. The highest BCUT2D eigenvalue weighted by atomic mass is 32.1. The second-order valence-corrected chi connectivity index (χ2v) is 6.40. The summed E-state index contributed by atoms with van der Waals surface area (Å²) in [6.45, 7) is 4.12. The largest absolute Gasteiger partial charge is 0.296 e. The fourth-order valence-corrected chi connectivity index (χ4v) is 2.86. The Morgan fingerprint density at radius 3 is 2.41 bits per heavy atom. The molecule has 0 aliphatic heterocycles. The Kier molecular flexibility index (Phi) is 4.14. The van der Waals surface area contributed by atoms with Crippen LogP contribution < -0.4 is 0 Å². The molecule has 0 aliphatic carbocycles. The Labute approximate surface area is 141 Å². The second kappa shape index (κ2) is 6.07. The maximum absolute atomic E-state index is 5.27. The van der Waals surface area contributed by atoms with Crippen LogP contribution in [0.15, 0.2) is 54.7 Å². The molecular weight excluding hydrogens is 308 g/mol. The van der Waals surface area contributed by atoms with Crippen molar-refractivity contribution in [2.24, 2.45) is 0 Å². The molecule has 2 nitrogen and oxygen atoms in total. The van der Waals surface area contributed by atoms with Crippen molar-refractivity contribution in [1.82, 2.24) is 9.55 Å². The first-order valence-corrected chi connectivity index (χ1v) is 7.87. The average molecular weight is 324 g/mol. The van der Waals surface area contributed by atoms with E-state index in [1.807, 2.05) is 37.4 Å². The number of thiocarbonyl (C=S) groups is 1. The minimum absolute atomic E-state index is 0.582. The molecule has 4 heteroatoms. The van der Waals surface area contributed by atoms with Crippen LogP contribution in [0.4, 0.5) is 0 Å². The fraction of sp³-hybridized carbons (Fsp3) is 0.111. The van der Waals surface area contributed by atoms with Gasteiger partial charge in [-0.1, -0.05) is 60.2 Å². The standard InChI is InChI=1S/C18H16N2S2/c1-12-7-9-14(10-8-12)17-19-11-13(2)20(17)16-6-4-3-5-15(16)18(21)22/h3-11H,1-2H3,(H,21,22). The maximum Gasteiger partial charge on any atom is 0.144 e. The van der Waals surface area contributed by atoms with Gasteiger partial charge in [-0.3, -0.25) is 4.57 Å². The SMILES string of the molecule is Cc1ccc(-c2ncc(C)n2-c2ccccc2C(=S)S)cc1. The third-order valence-electron chi connectivity index (χ3n) is 3.62. The second-order valence-electron chi connectivity index (χ2n) is 5.25. The van der Waals surface area contributed by atoms with Gasteiger partial charge in [0.05, 0.1) is 9.88 Å². The lowest BCUT2D eigenvalue weighted by Crippen LogP contribution is -2.05. The number of benzene rings is 2. The molecule has 22 heavy (non-hydrogen) atoms. The van der Waals surface area contributed by atoms with Gasteiger partial charge in [0.1, 0.15) is 5.82 Å². The van der Waals surface area contributed by atoms with Crippen LogP contribution in [-0.4, -0.2) is 13.7 Å². The van der Waals surface area contributed by atoms with Gasteiger partial charge in [0, 0.05) is 23.0 Å². The van der Waals surface area contributed by atoms with E-state index in [0.29, 0.717) is 4.20 Å². The van der Waals surface area contributed by atoms with Gasteiger partial charge in [0.2, 0.25) is 0 Å². The van der Waals surface area contributed by atoms with Gasteiger partial charge in [-0.05, 0) is 19.9 Å². The van der Waals surface area contributed by atoms with Crippen molar-refractivity contribution in [3.8, 4) is 17.1 Å². The van der Waals surface area contributed by atoms with E-state index in [9.17, 15) is 0 Å². The number of nitrogens with zero attached hydrogens (tertiary/aromatic N) is 2. The van der Waals surface area contributed by atoms with E-state index in [1.165, 1.54) is 5.56 Å². The molecule has 0 saturated heterocycles. The topological polar surface area (TPSA) is 17.8 Å². The number of aromatic nitrogens is 2. The summed E-state index contributed by atoms with van der Waals surface area (Å²) in [5, 5.41) is 0. The third kappa shape index (κ3) is 2.72. The van der Waals surface area contributed by atoms with Gasteiger partial charge in [-0.2, -0.15) is 0 Å². The molecule has 3 aromatic rings. The Balaban J connectivity index is 2.23. The predicted molar refractivity (Wildman–Crippen MR) is 99.2 cm³/mol. The molecule has 0 radical (unpaired) electrons. The molecule has 0 N–H and O–H groups in total. The number of aryl methyl sites for hydroxylation is 2. The molecule has 0 saturated carbocycles. The van der Waals surface area contributed by atoms with Crippen LogP contribution >= 0.6 is 24.8 Å². The van der Waals surface area contributed by atoms with E-state index in [4.69, 9.17) is 12.2 Å². The number of imidazole rings is 1. The van der Waals surface area contributed by atoms with E-state index < -0.39 is 0 Å². The zero-order valence-corrected chi connectivity index (χ0v) is 14.2. The molecule has 0 atom stereocenters. The first kappa shape index (κ1) is 15.0. The smallest absolute Gasteiger partial charge is 0.144 e. The van der Waals surface area contributed by atoms with Crippen LogP contribution in [0.2, 0.25) is 0 Å². The van der Waals surface area contributed by atoms with Gasteiger partial charge in [-0.25, -0.2) is 4.98 Å². The quantitative estimate of drug-likeness (QED) is 0.553. The van der Waals surface area contributed by atoms with Gasteiger partial charge < -0.3 is 0 Å². The summed E-state index contributed by atoms with van der Waals surface area (Å²) >= 11 is 9.63. The first-order valence-electron chi connectivity index (χ1n) is 7.02. The summed E-state index contributed by atoms with van der Waals surface area (Å²) in [7, 11) is 0. The molecule has 2 aromatic carbocycles. The third-order valence-corrected chi connectivity index (χ3v) is 4.08. The zero-order chi connectivity index (χ0) is 15.7. The predicted octanol–water partition coefficient (Wildman–Crippen LogP) is 4.76. The van der Waals surface area contributed by atoms with Crippen LogP contribution in [0.1, 0.15) is 16.8 Å². The summed E-state index contributed by atoms with van der Waals surface area (Å²) < 4.78 is 2.71.